The molecule has 2 unspecified atom stereocenters. The number of hydrogen-bond acceptors (Lipinski definition) is 3. The van der Waals surface area contributed by atoms with E-state index in [1.807, 2.05) is 37.4 Å². The largest absolute Gasteiger partial charge is 0.387 e. The average Bonchev–Trinajstić information content (AvgIpc) is 2.86. The lowest BCUT2D eigenvalue weighted by Gasteiger charge is -2.29. The van der Waals surface area contributed by atoms with Crippen molar-refractivity contribution in [3.8, 4) is 0 Å². The summed E-state index contributed by atoms with van der Waals surface area (Å²) >= 11 is 0. The van der Waals surface area contributed by atoms with Gasteiger partial charge in [-0.05, 0) is 31.5 Å². The second kappa shape index (κ2) is 9.26. The van der Waals surface area contributed by atoms with Crippen molar-refractivity contribution in [1.29, 1.82) is 0 Å². The number of aliphatic hydroxyl groups excluding tert-OH is 1. The van der Waals surface area contributed by atoms with E-state index in [-0.39, 0.29) is 18.5 Å². The number of hydrogen-bond donors (Lipinski definition) is 1. The summed E-state index contributed by atoms with van der Waals surface area (Å²) in [5.41, 5.74) is 1.19. The Bertz CT molecular complexity index is 800. The molecule has 1 aliphatic heterocycles. The highest BCUT2D eigenvalue weighted by molar-refractivity contribution is 5.76. The molecular weight excluding hydrogens is 362 g/mol. The molecule has 0 radical (unpaired) electrons. The van der Waals surface area contributed by atoms with Gasteiger partial charge in [-0.2, -0.15) is 0 Å². The second-order valence-corrected chi connectivity index (χ2v) is 7.40. The van der Waals surface area contributed by atoms with Crippen LogP contribution in [0.2, 0.25) is 0 Å². The number of aliphatic hydroxyl groups is 1. The fourth-order valence-corrected chi connectivity index (χ4v) is 3.69. The summed E-state index contributed by atoms with van der Waals surface area (Å²) in [5, 5.41) is 10.5. The molecule has 2 aromatic carbocycles. The van der Waals surface area contributed by atoms with Crippen LogP contribution in [0.15, 0.2) is 48.5 Å². The maximum atomic E-state index is 13.9. The summed E-state index contributed by atoms with van der Waals surface area (Å²) in [6, 6.07) is 13.1. The quantitative estimate of drug-likeness (QED) is 0.824. The van der Waals surface area contributed by atoms with Crippen molar-refractivity contribution < 1.29 is 18.7 Å². The van der Waals surface area contributed by atoms with E-state index in [1.54, 1.807) is 4.90 Å². The third kappa shape index (κ3) is 5.14. The van der Waals surface area contributed by atoms with Crippen molar-refractivity contribution in [2.24, 2.45) is 0 Å². The van der Waals surface area contributed by atoms with E-state index in [1.165, 1.54) is 12.1 Å². The van der Waals surface area contributed by atoms with Gasteiger partial charge in [0.05, 0.1) is 6.10 Å². The molecule has 0 spiro atoms. The van der Waals surface area contributed by atoms with E-state index in [0.29, 0.717) is 31.5 Å². The Morgan fingerprint density at radius 3 is 2.64 bits per heavy atom. The van der Waals surface area contributed by atoms with Gasteiger partial charge in [0.2, 0.25) is 5.91 Å². The monoisotopic (exact) mass is 388 g/mol. The highest BCUT2D eigenvalue weighted by Gasteiger charge is 2.26. The number of amides is 1. The fourth-order valence-electron chi connectivity index (χ4n) is 3.69. The number of carbonyl (C=O) groups is 1. The van der Waals surface area contributed by atoms with E-state index >= 15 is 0 Å². The molecule has 2 atom stereocenters. The van der Waals surface area contributed by atoms with Crippen LogP contribution >= 0.6 is 0 Å². The van der Waals surface area contributed by atoms with Crippen LogP contribution in [-0.2, 0) is 11.3 Å². The third-order valence-electron chi connectivity index (χ3n) is 5.42. The number of rotatable bonds is 6. The molecule has 1 saturated heterocycles. The topological polar surface area (TPSA) is 43.8 Å². The molecule has 0 bridgehead atoms. The summed E-state index contributed by atoms with van der Waals surface area (Å²) in [7, 11) is 1.95. The molecule has 0 aromatic heterocycles. The van der Waals surface area contributed by atoms with Gasteiger partial charge >= 0.3 is 0 Å². The molecule has 6 heteroatoms. The molecule has 2 aromatic rings. The van der Waals surface area contributed by atoms with Crippen LogP contribution in [0.5, 0.6) is 0 Å². The number of likely N-dealkylation sites (N-methyl/N-ethyl adjacent to an activating group) is 1. The molecule has 150 valence electrons. The van der Waals surface area contributed by atoms with Crippen LogP contribution in [0.3, 0.4) is 0 Å². The van der Waals surface area contributed by atoms with Gasteiger partial charge in [-0.1, -0.05) is 36.4 Å². The second-order valence-electron chi connectivity index (χ2n) is 7.40. The van der Waals surface area contributed by atoms with Gasteiger partial charge in [-0.3, -0.25) is 4.79 Å². The Labute approximate surface area is 164 Å². The van der Waals surface area contributed by atoms with Crippen LogP contribution in [0.4, 0.5) is 8.78 Å². The molecule has 0 saturated carbocycles. The van der Waals surface area contributed by atoms with Crippen LogP contribution in [0.25, 0.3) is 0 Å². The maximum Gasteiger partial charge on any atom is 0.222 e. The van der Waals surface area contributed by atoms with Crippen LogP contribution in [0.1, 0.15) is 36.5 Å². The first-order chi connectivity index (χ1) is 13.4. The van der Waals surface area contributed by atoms with Gasteiger partial charge in [0.25, 0.3) is 0 Å². The summed E-state index contributed by atoms with van der Waals surface area (Å²) in [6.07, 6.45) is 1.22. The lowest BCUT2D eigenvalue weighted by molar-refractivity contribution is -0.131. The van der Waals surface area contributed by atoms with Gasteiger partial charge in [0.15, 0.2) is 0 Å². The Morgan fingerprint density at radius 2 is 1.93 bits per heavy atom. The van der Waals surface area contributed by atoms with E-state index in [4.69, 9.17) is 0 Å². The molecule has 1 amide bonds. The Morgan fingerprint density at radius 1 is 1.18 bits per heavy atom. The summed E-state index contributed by atoms with van der Waals surface area (Å²) in [4.78, 5) is 16.2. The highest BCUT2D eigenvalue weighted by Crippen LogP contribution is 2.22. The maximum absolute atomic E-state index is 13.9. The van der Waals surface area contributed by atoms with Crippen molar-refractivity contribution in [2.75, 3.05) is 20.1 Å². The molecule has 28 heavy (non-hydrogen) atoms. The molecule has 1 heterocycles. The summed E-state index contributed by atoms with van der Waals surface area (Å²) in [6.45, 7) is 1.13. The molecule has 1 fully saturated rings. The fraction of sp³-hybridized carbons (Fsp3) is 0.409. The smallest absolute Gasteiger partial charge is 0.222 e. The van der Waals surface area contributed by atoms with Crippen molar-refractivity contribution in [1.82, 2.24) is 9.80 Å². The van der Waals surface area contributed by atoms with Crippen molar-refractivity contribution in [3.05, 3.63) is 71.3 Å². The molecular formula is C22H26F2N2O2. The lowest BCUT2D eigenvalue weighted by atomic mass is 10.1. The standard InChI is InChI=1S/C22H26F2N2O2/c1-25(15-21(27)16-5-3-2-4-6-16)19-9-10-22(28)26(12-11-19)14-17-7-8-18(23)13-20(17)24/h2-8,13,19,21,27H,9-12,14-15H2,1H3. The third-order valence-corrected chi connectivity index (χ3v) is 5.42. The number of likely N-dealkylation sites (tertiary alicyclic amines) is 1. The van der Waals surface area contributed by atoms with Gasteiger partial charge in [-0.25, -0.2) is 8.78 Å². The van der Waals surface area contributed by atoms with Crippen LogP contribution in [0, 0.1) is 11.6 Å². The lowest BCUT2D eigenvalue weighted by Crippen LogP contribution is -2.36. The minimum atomic E-state index is -0.628. The van der Waals surface area contributed by atoms with Gasteiger partial charge in [0, 0.05) is 43.7 Å². The SMILES string of the molecule is CN(CC(O)c1ccccc1)C1CCC(=O)N(Cc2ccc(F)cc2F)CC1. The van der Waals surface area contributed by atoms with E-state index in [2.05, 4.69) is 4.90 Å². The normalized spacial score (nSPS) is 19.0. The van der Waals surface area contributed by atoms with Gasteiger partial charge in [-0.15, -0.1) is 0 Å². The predicted molar refractivity (Wildman–Crippen MR) is 103 cm³/mol. The minimum Gasteiger partial charge on any atom is -0.387 e. The van der Waals surface area contributed by atoms with E-state index in [0.717, 1.165) is 18.1 Å². The highest BCUT2D eigenvalue weighted by atomic mass is 19.1. The number of benzene rings is 2. The first kappa shape index (κ1) is 20.4. The van der Waals surface area contributed by atoms with Gasteiger partial charge in [0.1, 0.15) is 11.6 Å². The van der Waals surface area contributed by atoms with Crippen molar-refractivity contribution in [2.45, 2.75) is 38.0 Å². The van der Waals surface area contributed by atoms with E-state index in [9.17, 15) is 18.7 Å². The summed E-state index contributed by atoms with van der Waals surface area (Å²) < 4.78 is 27.0. The predicted octanol–water partition coefficient (Wildman–Crippen LogP) is 3.51. The first-order valence-electron chi connectivity index (χ1n) is 9.59. The number of nitrogens with zero attached hydrogens (tertiary/aromatic N) is 2. The Balaban J connectivity index is 1.59. The van der Waals surface area contributed by atoms with Gasteiger partial charge < -0.3 is 14.9 Å². The molecule has 4 nitrogen and oxygen atoms in total. The molecule has 1 aliphatic rings. The Kier molecular flexibility index (Phi) is 6.75. The number of halogens is 2. The molecule has 0 aliphatic carbocycles. The zero-order valence-corrected chi connectivity index (χ0v) is 16.0. The van der Waals surface area contributed by atoms with E-state index < -0.39 is 17.7 Å². The van der Waals surface area contributed by atoms with Crippen molar-refractivity contribution >= 4 is 5.91 Å². The molecule has 1 N–H and O–H groups in total. The molecule has 3 rings (SSSR count). The Hall–Kier alpha value is -2.31. The minimum absolute atomic E-state index is 0.0248. The number of carbonyl (C=O) groups excluding carboxylic acids is 1. The average molecular weight is 388 g/mol. The summed E-state index contributed by atoms with van der Waals surface area (Å²) in [5.74, 6) is -1.28. The first-order valence-corrected chi connectivity index (χ1v) is 9.59. The van der Waals surface area contributed by atoms with Crippen LogP contribution in [-0.4, -0.2) is 47.0 Å². The van der Waals surface area contributed by atoms with Crippen molar-refractivity contribution in [3.63, 3.8) is 0 Å². The zero-order chi connectivity index (χ0) is 20.1. The zero-order valence-electron chi connectivity index (χ0n) is 16.0. The van der Waals surface area contributed by atoms with Crippen LogP contribution < -0.4 is 0 Å².